The Labute approximate surface area is 113 Å². The smallest absolute Gasteiger partial charge is 0.165 e. The molecule has 0 amide bonds. The highest BCUT2D eigenvalue weighted by molar-refractivity contribution is 6.17. The predicted molar refractivity (Wildman–Crippen MR) is 72.6 cm³/mol. The zero-order chi connectivity index (χ0) is 13.1. The van der Waals surface area contributed by atoms with Crippen molar-refractivity contribution in [1.82, 2.24) is 0 Å². The van der Waals surface area contributed by atoms with Gasteiger partial charge in [0.2, 0.25) is 0 Å². The first-order valence-electron chi connectivity index (χ1n) is 6.60. The number of ether oxygens (including phenoxy) is 1. The van der Waals surface area contributed by atoms with Crippen LogP contribution < -0.4 is 4.74 Å². The molecule has 2 unspecified atom stereocenters. The molecule has 0 spiro atoms. The van der Waals surface area contributed by atoms with E-state index in [-0.39, 0.29) is 17.8 Å². The van der Waals surface area contributed by atoms with Gasteiger partial charge in [-0.15, -0.1) is 11.6 Å². The zero-order valence-corrected chi connectivity index (χ0v) is 11.7. The van der Waals surface area contributed by atoms with Crippen molar-refractivity contribution in [2.75, 3.05) is 0 Å². The van der Waals surface area contributed by atoms with Crippen molar-refractivity contribution < 1.29 is 9.13 Å². The van der Waals surface area contributed by atoms with Gasteiger partial charge in [-0.1, -0.05) is 26.0 Å². The maximum atomic E-state index is 13.8. The minimum atomic E-state index is -0.306. The Morgan fingerprint density at radius 3 is 2.50 bits per heavy atom. The molecule has 100 valence electrons. The Balaban J connectivity index is 2.13. The molecule has 1 aromatic rings. The quantitative estimate of drug-likeness (QED) is 0.719. The Kier molecular flexibility index (Phi) is 4.50. The third kappa shape index (κ3) is 3.17. The first kappa shape index (κ1) is 13.7. The molecule has 0 saturated heterocycles. The lowest BCUT2D eigenvalue weighted by Crippen LogP contribution is -2.29. The largest absolute Gasteiger partial charge is 0.487 e. The number of benzene rings is 1. The van der Waals surface area contributed by atoms with E-state index in [2.05, 4.69) is 13.8 Å². The second-order valence-corrected chi connectivity index (χ2v) is 5.79. The van der Waals surface area contributed by atoms with Crippen LogP contribution >= 0.6 is 11.6 Å². The molecule has 0 radical (unpaired) electrons. The Morgan fingerprint density at radius 1 is 1.22 bits per heavy atom. The van der Waals surface area contributed by atoms with Crippen molar-refractivity contribution in [3.8, 4) is 5.75 Å². The molecule has 0 aromatic heterocycles. The molecular formula is C15H20ClFO. The van der Waals surface area contributed by atoms with Gasteiger partial charge >= 0.3 is 0 Å². The molecule has 3 heteroatoms. The average Bonchev–Trinajstić information content (AvgIpc) is 2.30. The number of rotatable bonds is 3. The van der Waals surface area contributed by atoms with Gasteiger partial charge < -0.3 is 4.74 Å². The third-order valence-corrected chi connectivity index (χ3v) is 3.90. The molecule has 1 aromatic carbocycles. The summed E-state index contributed by atoms with van der Waals surface area (Å²) in [6.45, 7) is 4.46. The second kappa shape index (κ2) is 5.92. The van der Waals surface area contributed by atoms with E-state index in [0.29, 0.717) is 17.6 Å². The standard InChI is InChI=1S/C15H20ClFO/c1-10-6-11(2)8-13(7-10)18-15-12(9-16)4-3-5-14(15)17/h3-5,10-11,13H,6-9H2,1-2H3. The Morgan fingerprint density at radius 2 is 1.89 bits per heavy atom. The highest BCUT2D eigenvalue weighted by Crippen LogP contribution is 2.33. The topological polar surface area (TPSA) is 9.23 Å². The predicted octanol–water partition coefficient (Wildman–Crippen LogP) is 4.77. The summed E-state index contributed by atoms with van der Waals surface area (Å²) in [6, 6.07) is 4.92. The highest BCUT2D eigenvalue weighted by Gasteiger charge is 2.26. The molecule has 18 heavy (non-hydrogen) atoms. The van der Waals surface area contributed by atoms with Gasteiger partial charge in [0.1, 0.15) is 0 Å². The first-order valence-corrected chi connectivity index (χ1v) is 7.13. The average molecular weight is 271 g/mol. The molecule has 0 N–H and O–H groups in total. The SMILES string of the molecule is CC1CC(C)CC(Oc2c(F)cccc2CCl)C1. The monoisotopic (exact) mass is 270 g/mol. The van der Waals surface area contributed by atoms with E-state index in [0.717, 1.165) is 18.4 Å². The van der Waals surface area contributed by atoms with E-state index in [1.165, 1.54) is 12.5 Å². The van der Waals surface area contributed by atoms with Crippen LogP contribution in [-0.4, -0.2) is 6.10 Å². The van der Waals surface area contributed by atoms with Crippen molar-refractivity contribution in [2.24, 2.45) is 11.8 Å². The van der Waals surface area contributed by atoms with Gasteiger partial charge in [-0.25, -0.2) is 4.39 Å². The van der Waals surface area contributed by atoms with Gasteiger partial charge in [-0.05, 0) is 37.2 Å². The Hall–Kier alpha value is -0.760. The van der Waals surface area contributed by atoms with Gasteiger partial charge in [-0.2, -0.15) is 0 Å². The molecule has 1 nitrogen and oxygen atoms in total. The lowest BCUT2D eigenvalue weighted by atomic mass is 9.82. The van der Waals surface area contributed by atoms with Crippen LogP contribution in [0, 0.1) is 17.7 Å². The van der Waals surface area contributed by atoms with Gasteiger partial charge in [0.25, 0.3) is 0 Å². The third-order valence-electron chi connectivity index (χ3n) is 3.61. The van der Waals surface area contributed by atoms with Gasteiger partial charge in [0.05, 0.1) is 12.0 Å². The molecule has 1 aliphatic rings. The van der Waals surface area contributed by atoms with E-state index >= 15 is 0 Å². The molecule has 0 bridgehead atoms. The Bertz CT molecular complexity index is 397. The van der Waals surface area contributed by atoms with Crippen LogP contribution in [0.1, 0.15) is 38.7 Å². The van der Waals surface area contributed by atoms with Crippen LogP contribution in [0.25, 0.3) is 0 Å². The van der Waals surface area contributed by atoms with Crippen LogP contribution in [0.4, 0.5) is 4.39 Å². The van der Waals surface area contributed by atoms with Gasteiger partial charge in [0, 0.05) is 5.56 Å². The summed E-state index contributed by atoms with van der Waals surface area (Å²) in [5, 5.41) is 0. The zero-order valence-electron chi connectivity index (χ0n) is 11.0. The summed E-state index contributed by atoms with van der Waals surface area (Å²) in [5.74, 6) is 1.61. The summed E-state index contributed by atoms with van der Waals surface area (Å²) < 4.78 is 19.7. The summed E-state index contributed by atoms with van der Waals surface area (Å²) >= 11 is 5.83. The molecule has 1 aliphatic carbocycles. The lowest BCUT2D eigenvalue weighted by Gasteiger charge is -2.32. The molecular weight excluding hydrogens is 251 g/mol. The minimum absolute atomic E-state index is 0.114. The van der Waals surface area contributed by atoms with Crippen LogP contribution in [0.5, 0.6) is 5.75 Å². The fourth-order valence-corrected chi connectivity index (χ4v) is 3.14. The molecule has 1 saturated carbocycles. The van der Waals surface area contributed by atoms with Crippen molar-refractivity contribution in [3.63, 3.8) is 0 Å². The first-order chi connectivity index (χ1) is 8.60. The van der Waals surface area contributed by atoms with Crippen molar-refractivity contribution in [1.29, 1.82) is 0 Å². The van der Waals surface area contributed by atoms with Gasteiger partial charge in [-0.3, -0.25) is 0 Å². The van der Waals surface area contributed by atoms with Crippen molar-refractivity contribution in [3.05, 3.63) is 29.6 Å². The summed E-state index contributed by atoms with van der Waals surface area (Å²) in [7, 11) is 0. The molecule has 0 aliphatic heterocycles. The lowest BCUT2D eigenvalue weighted by molar-refractivity contribution is 0.0962. The van der Waals surface area contributed by atoms with Gasteiger partial charge in [0.15, 0.2) is 11.6 Å². The van der Waals surface area contributed by atoms with Crippen LogP contribution in [0.3, 0.4) is 0 Å². The van der Waals surface area contributed by atoms with Crippen molar-refractivity contribution in [2.45, 2.75) is 45.1 Å². The number of alkyl halides is 1. The summed E-state index contributed by atoms with van der Waals surface area (Å²) in [6.07, 6.45) is 3.35. The fourth-order valence-electron chi connectivity index (χ4n) is 2.93. The molecule has 0 heterocycles. The molecule has 2 rings (SSSR count). The number of hydrogen-bond acceptors (Lipinski definition) is 1. The number of para-hydroxylation sites is 1. The van der Waals surface area contributed by atoms with E-state index in [1.54, 1.807) is 6.07 Å². The second-order valence-electron chi connectivity index (χ2n) is 5.52. The summed E-state index contributed by atoms with van der Waals surface area (Å²) in [5.41, 5.74) is 0.738. The van der Waals surface area contributed by atoms with E-state index in [1.807, 2.05) is 6.07 Å². The summed E-state index contributed by atoms with van der Waals surface area (Å²) in [4.78, 5) is 0. The van der Waals surface area contributed by atoms with E-state index < -0.39 is 0 Å². The maximum Gasteiger partial charge on any atom is 0.165 e. The fraction of sp³-hybridized carbons (Fsp3) is 0.600. The van der Waals surface area contributed by atoms with Crippen LogP contribution in [-0.2, 0) is 5.88 Å². The highest BCUT2D eigenvalue weighted by atomic mass is 35.5. The van der Waals surface area contributed by atoms with Crippen molar-refractivity contribution >= 4 is 11.6 Å². The normalized spacial score (nSPS) is 28.1. The van der Waals surface area contributed by atoms with E-state index in [4.69, 9.17) is 16.3 Å². The van der Waals surface area contributed by atoms with Crippen LogP contribution in [0.2, 0.25) is 0 Å². The van der Waals surface area contributed by atoms with Crippen LogP contribution in [0.15, 0.2) is 18.2 Å². The molecule has 1 fully saturated rings. The van der Waals surface area contributed by atoms with E-state index in [9.17, 15) is 4.39 Å². The number of hydrogen-bond donors (Lipinski definition) is 0. The maximum absolute atomic E-state index is 13.8. The minimum Gasteiger partial charge on any atom is -0.487 e. The molecule has 2 atom stereocenters. The number of halogens is 2.